The molecule has 1 aromatic carbocycles. The molecule has 1 amide bonds. The second kappa shape index (κ2) is 6.52. The Kier molecular flexibility index (Phi) is 4.45. The van der Waals surface area contributed by atoms with Gasteiger partial charge in [-0.05, 0) is 58.2 Å². The van der Waals surface area contributed by atoms with Crippen LogP contribution in [0.5, 0.6) is 0 Å². The largest absolute Gasteiger partial charge is 0.416 e. The van der Waals surface area contributed by atoms with Gasteiger partial charge in [-0.25, -0.2) is 9.97 Å². The van der Waals surface area contributed by atoms with Gasteiger partial charge in [0.25, 0.3) is 0 Å². The molecular weight excluding hydrogens is 381 g/mol. The average Bonchev–Trinajstić information content (AvgIpc) is 3.14. The van der Waals surface area contributed by atoms with Crippen LogP contribution in [0, 0.1) is 6.92 Å². The fraction of sp³-hybridized carbons (Fsp3) is 0.476. The molecule has 2 atom stereocenters. The molecule has 2 aromatic rings. The first-order valence-electron chi connectivity index (χ1n) is 9.61. The maximum Gasteiger partial charge on any atom is 0.416 e. The van der Waals surface area contributed by atoms with Crippen LogP contribution >= 0.6 is 0 Å². The molecule has 8 heteroatoms. The number of carbonyl (C=O) groups excluding carboxylic acids is 1. The topological polar surface area (TPSA) is 66.9 Å². The van der Waals surface area contributed by atoms with Crippen molar-refractivity contribution < 1.29 is 18.0 Å². The maximum absolute atomic E-state index is 12.8. The zero-order valence-electron chi connectivity index (χ0n) is 16.5. The summed E-state index contributed by atoms with van der Waals surface area (Å²) in [5.74, 6) is 0.565. The molecule has 2 aliphatic rings. The van der Waals surface area contributed by atoms with Gasteiger partial charge >= 0.3 is 6.18 Å². The summed E-state index contributed by atoms with van der Waals surface area (Å²) in [5, 5.41) is 6.47. The predicted octanol–water partition coefficient (Wildman–Crippen LogP) is 3.93. The number of aryl methyl sites for hydroxylation is 1. The third-order valence-electron chi connectivity index (χ3n) is 5.63. The van der Waals surface area contributed by atoms with E-state index in [-0.39, 0.29) is 17.5 Å². The fourth-order valence-corrected chi connectivity index (χ4v) is 4.41. The van der Waals surface area contributed by atoms with E-state index in [9.17, 15) is 18.0 Å². The molecule has 0 unspecified atom stereocenters. The molecule has 2 N–H and O–H groups in total. The normalized spacial score (nSPS) is 26.1. The standard InChI is InChI=1S/C21H23F3N4O/c1-12-10-16(13-4-6-14(7-5-13)21(22,23)24)26-17(25-12)15-8-9-20(27-15)11-19(2,3)28-18(20)29/h4-7,10,15,27H,8-9,11H2,1-3H3,(H,28,29)/t15-,20+/m0/s1. The molecular formula is C21H23F3N4O. The number of amides is 1. The second-order valence-corrected chi connectivity index (χ2v) is 8.66. The highest BCUT2D eigenvalue weighted by molar-refractivity contribution is 5.90. The smallest absolute Gasteiger partial charge is 0.350 e. The number of hydrogen-bond donors (Lipinski definition) is 2. The lowest BCUT2D eigenvalue weighted by Gasteiger charge is -2.23. The Labute approximate surface area is 167 Å². The van der Waals surface area contributed by atoms with Crippen LogP contribution in [-0.4, -0.2) is 27.0 Å². The van der Waals surface area contributed by atoms with Gasteiger partial charge in [0, 0.05) is 16.8 Å². The highest BCUT2D eigenvalue weighted by Gasteiger charge is 2.54. The highest BCUT2D eigenvalue weighted by atomic mass is 19.4. The molecule has 154 valence electrons. The van der Waals surface area contributed by atoms with Crippen molar-refractivity contribution in [3.8, 4) is 11.3 Å². The first kappa shape index (κ1) is 19.8. The molecule has 0 bridgehead atoms. The Bertz CT molecular complexity index is 955. The average molecular weight is 404 g/mol. The van der Waals surface area contributed by atoms with Gasteiger partial charge in [-0.15, -0.1) is 0 Å². The van der Waals surface area contributed by atoms with Crippen LogP contribution in [0.1, 0.15) is 56.2 Å². The van der Waals surface area contributed by atoms with E-state index in [1.54, 1.807) is 6.07 Å². The summed E-state index contributed by atoms with van der Waals surface area (Å²) in [5.41, 5.74) is 0.316. The summed E-state index contributed by atoms with van der Waals surface area (Å²) in [6.45, 7) is 5.83. The maximum atomic E-state index is 12.8. The molecule has 4 rings (SSSR count). The second-order valence-electron chi connectivity index (χ2n) is 8.66. The molecule has 1 spiro atoms. The molecule has 3 heterocycles. The van der Waals surface area contributed by atoms with E-state index >= 15 is 0 Å². The Hall–Kier alpha value is -2.48. The Morgan fingerprint density at radius 1 is 1.14 bits per heavy atom. The van der Waals surface area contributed by atoms with Crippen molar-refractivity contribution in [2.45, 2.75) is 63.3 Å². The number of rotatable bonds is 2. The molecule has 2 saturated heterocycles. The van der Waals surface area contributed by atoms with Gasteiger partial charge in [-0.3, -0.25) is 10.1 Å². The van der Waals surface area contributed by atoms with Gasteiger partial charge in [-0.1, -0.05) is 12.1 Å². The lowest BCUT2D eigenvalue weighted by Crippen LogP contribution is -2.47. The molecule has 0 radical (unpaired) electrons. The number of nitrogens with zero attached hydrogens (tertiary/aromatic N) is 2. The predicted molar refractivity (Wildman–Crippen MR) is 102 cm³/mol. The van der Waals surface area contributed by atoms with E-state index in [2.05, 4.69) is 20.6 Å². The van der Waals surface area contributed by atoms with Crippen molar-refractivity contribution in [2.24, 2.45) is 0 Å². The first-order chi connectivity index (χ1) is 13.5. The minimum Gasteiger partial charge on any atom is -0.350 e. The zero-order valence-corrected chi connectivity index (χ0v) is 16.5. The van der Waals surface area contributed by atoms with Crippen LogP contribution in [0.3, 0.4) is 0 Å². The Morgan fingerprint density at radius 2 is 1.83 bits per heavy atom. The quantitative estimate of drug-likeness (QED) is 0.796. The van der Waals surface area contributed by atoms with E-state index in [4.69, 9.17) is 0 Å². The molecule has 1 aromatic heterocycles. The van der Waals surface area contributed by atoms with Gasteiger partial charge in [-0.2, -0.15) is 13.2 Å². The van der Waals surface area contributed by atoms with Crippen LogP contribution in [-0.2, 0) is 11.0 Å². The van der Waals surface area contributed by atoms with Crippen molar-refractivity contribution in [2.75, 3.05) is 0 Å². The molecule has 0 saturated carbocycles. The van der Waals surface area contributed by atoms with Gasteiger partial charge in [0.2, 0.25) is 5.91 Å². The zero-order chi connectivity index (χ0) is 21.0. The SMILES string of the molecule is Cc1cc(-c2ccc(C(F)(F)F)cc2)nc([C@@H]2CC[C@]3(CC(C)(C)NC3=O)N2)n1. The minimum atomic E-state index is -4.37. The molecule has 2 aliphatic heterocycles. The molecule has 29 heavy (non-hydrogen) atoms. The molecule has 2 fully saturated rings. The van der Waals surface area contributed by atoms with Crippen molar-refractivity contribution in [3.63, 3.8) is 0 Å². The van der Waals surface area contributed by atoms with Gasteiger partial charge in [0.05, 0.1) is 17.3 Å². The van der Waals surface area contributed by atoms with E-state index in [0.717, 1.165) is 24.2 Å². The number of benzene rings is 1. The first-order valence-corrected chi connectivity index (χ1v) is 9.61. The fourth-order valence-electron chi connectivity index (χ4n) is 4.41. The molecule has 5 nitrogen and oxygen atoms in total. The summed E-state index contributed by atoms with van der Waals surface area (Å²) >= 11 is 0. The highest BCUT2D eigenvalue weighted by Crippen LogP contribution is 2.41. The summed E-state index contributed by atoms with van der Waals surface area (Å²) < 4.78 is 38.5. The van der Waals surface area contributed by atoms with Crippen molar-refractivity contribution >= 4 is 5.91 Å². The van der Waals surface area contributed by atoms with Crippen molar-refractivity contribution in [1.29, 1.82) is 0 Å². The monoisotopic (exact) mass is 404 g/mol. The number of hydrogen-bond acceptors (Lipinski definition) is 4. The Morgan fingerprint density at radius 3 is 2.41 bits per heavy atom. The van der Waals surface area contributed by atoms with E-state index < -0.39 is 17.3 Å². The van der Waals surface area contributed by atoms with Crippen molar-refractivity contribution in [1.82, 2.24) is 20.6 Å². The summed E-state index contributed by atoms with van der Waals surface area (Å²) in [6, 6.07) is 6.53. The van der Waals surface area contributed by atoms with Gasteiger partial charge in [0.15, 0.2) is 0 Å². The van der Waals surface area contributed by atoms with Gasteiger partial charge in [0.1, 0.15) is 11.4 Å². The van der Waals surface area contributed by atoms with E-state index in [0.29, 0.717) is 29.9 Å². The van der Waals surface area contributed by atoms with Crippen LogP contribution in [0.2, 0.25) is 0 Å². The number of alkyl halides is 3. The lowest BCUT2D eigenvalue weighted by molar-refractivity contribution is -0.137. The number of nitrogens with one attached hydrogen (secondary N) is 2. The van der Waals surface area contributed by atoms with Crippen molar-refractivity contribution in [3.05, 3.63) is 47.4 Å². The van der Waals surface area contributed by atoms with Gasteiger partial charge < -0.3 is 5.32 Å². The van der Waals surface area contributed by atoms with E-state index in [1.165, 1.54) is 12.1 Å². The number of aromatic nitrogens is 2. The number of halogens is 3. The minimum absolute atomic E-state index is 0.000570. The van der Waals surface area contributed by atoms with Crippen LogP contribution in [0.25, 0.3) is 11.3 Å². The van der Waals surface area contributed by atoms with Crippen LogP contribution < -0.4 is 10.6 Å². The summed E-state index contributed by atoms with van der Waals surface area (Å²) in [6.07, 6.45) is -2.27. The third kappa shape index (κ3) is 3.73. The van der Waals surface area contributed by atoms with E-state index in [1.807, 2.05) is 20.8 Å². The van der Waals surface area contributed by atoms with Crippen LogP contribution in [0.4, 0.5) is 13.2 Å². The lowest BCUT2D eigenvalue weighted by atomic mass is 9.88. The van der Waals surface area contributed by atoms with Crippen LogP contribution in [0.15, 0.2) is 30.3 Å². The molecule has 0 aliphatic carbocycles. The third-order valence-corrected chi connectivity index (χ3v) is 5.63. The summed E-state index contributed by atoms with van der Waals surface area (Å²) in [4.78, 5) is 21.7. The number of carbonyl (C=O) groups is 1. The summed E-state index contributed by atoms with van der Waals surface area (Å²) in [7, 11) is 0. The Balaban J connectivity index is 1.61.